The van der Waals surface area contributed by atoms with E-state index in [1.165, 1.54) is 5.56 Å². The van der Waals surface area contributed by atoms with Crippen LogP contribution in [0.3, 0.4) is 0 Å². The molecule has 0 aliphatic heterocycles. The van der Waals surface area contributed by atoms with E-state index in [9.17, 15) is 9.59 Å². The van der Waals surface area contributed by atoms with Crippen molar-refractivity contribution in [2.24, 2.45) is 11.8 Å². The highest BCUT2D eigenvalue weighted by molar-refractivity contribution is 5.87. The number of carbonyl (C=O) groups is 2. The van der Waals surface area contributed by atoms with Gasteiger partial charge >= 0.3 is 0 Å². The van der Waals surface area contributed by atoms with E-state index in [1.807, 2.05) is 42.2 Å². The lowest BCUT2D eigenvalue weighted by Crippen LogP contribution is -2.45. The number of hydrogen-bond donors (Lipinski definition) is 0. The first-order valence-corrected chi connectivity index (χ1v) is 10.6. The van der Waals surface area contributed by atoms with Crippen LogP contribution in [0.2, 0.25) is 0 Å². The van der Waals surface area contributed by atoms with Crippen molar-refractivity contribution in [3.8, 4) is 0 Å². The zero-order chi connectivity index (χ0) is 20.8. The monoisotopic (exact) mass is 396 g/mol. The first-order chi connectivity index (χ1) is 13.9. The van der Waals surface area contributed by atoms with Crippen molar-refractivity contribution in [1.29, 1.82) is 0 Å². The Morgan fingerprint density at radius 2 is 1.79 bits per heavy atom. The topological polar surface area (TPSA) is 53.8 Å². The SMILES string of the molecule is Cc1ccc(CN(CCc2ccccc2)C(=O)CN(CC(C)C)C(=O)C2CC2)o1. The van der Waals surface area contributed by atoms with E-state index in [2.05, 4.69) is 26.0 Å². The highest BCUT2D eigenvalue weighted by Gasteiger charge is 2.34. The second kappa shape index (κ2) is 9.77. The Hall–Kier alpha value is -2.56. The number of nitrogens with zero attached hydrogens (tertiary/aromatic N) is 2. The molecule has 1 aliphatic rings. The third-order valence-electron chi connectivity index (χ3n) is 5.16. The van der Waals surface area contributed by atoms with Crippen LogP contribution >= 0.6 is 0 Å². The molecule has 5 nitrogen and oxygen atoms in total. The number of rotatable bonds is 10. The van der Waals surface area contributed by atoms with Gasteiger partial charge in [0.05, 0.1) is 13.1 Å². The molecule has 1 fully saturated rings. The van der Waals surface area contributed by atoms with Gasteiger partial charge in [0, 0.05) is 19.0 Å². The Morgan fingerprint density at radius 3 is 2.38 bits per heavy atom. The molecule has 2 amide bonds. The predicted molar refractivity (Wildman–Crippen MR) is 113 cm³/mol. The Bertz CT molecular complexity index is 809. The summed E-state index contributed by atoms with van der Waals surface area (Å²) in [5.74, 6) is 2.16. The first-order valence-electron chi connectivity index (χ1n) is 10.6. The number of aryl methyl sites for hydroxylation is 1. The number of benzene rings is 1. The lowest BCUT2D eigenvalue weighted by atomic mass is 10.1. The second-order valence-corrected chi connectivity index (χ2v) is 8.45. The molecule has 2 aromatic rings. The average Bonchev–Trinajstić information content (AvgIpc) is 3.46. The fourth-order valence-corrected chi connectivity index (χ4v) is 3.48. The van der Waals surface area contributed by atoms with E-state index in [0.717, 1.165) is 30.8 Å². The molecular formula is C24H32N2O3. The second-order valence-electron chi connectivity index (χ2n) is 8.45. The average molecular weight is 397 g/mol. The minimum atomic E-state index is -0.0235. The third kappa shape index (κ3) is 6.48. The molecule has 3 rings (SSSR count). The fourth-order valence-electron chi connectivity index (χ4n) is 3.48. The Labute approximate surface area is 173 Å². The standard InChI is InChI=1S/C24H32N2O3/c1-18(2)15-26(24(28)21-10-11-21)17-23(27)25(16-22-12-9-19(3)29-22)14-13-20-7-5-4-6-8-20/h4-9,12,18,21H,10-11,13-17H2,1-3H3. The molecule has 1 heterocycles. The van der Waals surface area contributed by atoms with Crippen LogP contribution in [0, 0.1) is 18.8 Å². The summed E-state index contributed by atoms with van der Waals surface area (Å²) < 4.78 is 5.71. The summed E-state index contributed by atoms with van der Waals surface area (Å²) in [6, 6.07) is 14.0. The number of amides is 2. The molecule has 1 saturated carbocycles. The minimum Gasteiger partial charge on any atom is -0.464 e. The molecule has 1 aromatic carbocycles. The summed E-state index contributed by atoms with van der Waals surface area (Å²) in [5, 5.41) is 0. The van der Waals surface area contributed by atoms with Gasteiger partial charge in [0.2, 0.25) is 11.8 Å². The van der Waals surface area contributed by atoms with Crippen molar-refractivity contribution >= 4 is 11.8 Å². The van der Waals surface area contributed by atoms with E-state index in [-0.39, 0.29) is 24.3 Å². The van der Waals surface area contributed by atoms with Crippen molar-refractivity contribution in [2.45, 2.75) is 46.6 Å². The van der Waals surface area contributed by atoms with Gasteiger partial charge in [-0.15, -0.1) is 0 Å². The molecular weight excluding hydrogens is 364 g/mol. The third-order valence-corrected chi connectivity index (χ3v) is 5.16. The highest BCUT2D eigenvalue weighted by Crippen LogP contribution is 2.31. The molecule has 156 valence electrons. The molecule has 0 spiro atoms. The minimum absolute atomic E-state index is 0.0235. The van der Waals surface area contributed by atoms with Crippen LogP contribution in [0.15, 0.2) is 46.9 Å². The van der Waals surface area contributed by atoms with Crippen LogP contribution in [0.1, 0.15) is 43.8 Å². The number of carbonyl (C=O) groups excluding carboxylic acids is 2. The van der Waals surface area contributed by atoms with E-state index in [1.54, 1.807) is 4.90 Å². The molecule has 29 heavy (non-hydrogen) atoms. The summed E-state index contributed by atoms with van der Waals surface area (Å²) in [6.45, 7) is 7.84. The van der Waals surface area contributed by atoms with Crippen LogP contribution in [0.25, 0.3) is 0 Å². The first kappa shape index (κ1) is 21.2. The molecule has 0 unspecified atom stereocenters. The predicted octanol–water partition coefficient (Wildman–Crippen LogP) is 4.05. The molecule has 0 bridgehead atoms. The van der Waals surface area contributed by atoms with Gasteiger partial charge in [-0.2, -0.15) is 0 Å². The molecule has 0 radical (unpaired) electrons. The van der Waals surface area contributed by atoms with Gasteiger partial charge in [-0.05, 0) is 49.8 Å². The quantitative estimate of drug-likeness (QED) is 0.609. The summed E-state index contributed by atoms with van der Waals surface area (Å²) in [7, 11) is 0. The summed E-state index contributed by atoms with van der Waals surface area (Å²) in [4.78, 5) is 29.5. The van der Waals surface area contributed by atoms with Gasteiger partial charge in [0.1, 0.15) is 11.5 Å². The number of hydrogen-bond acceptors (Lipinski definition) is 3. The van der Waals surface area contributed by atoms with Crippen molar-refractivity contribution in [3.05, 3.63) is 59.5 Å². The molecule has 5 heteroatoms. The maximum Gasteiger partial charge on any atom is 0.242 e. The fraction of sp³-hybridized carbons (Fsp3) is 0.500. The van der Waals surface area contributed by atoms with Crippen molar-refractivity contribution < 1.29 is 14.0 Å². The highest BCUT2D eigenvalue weighted by atomic mass is 16.3. The van der Waals surface area contributed by atoms with Gasteiger partial charge in [-0.1, -0.05) is 44.2 Å². The largest absolute Gasteiger partial charge is 0.464 e. The smallest absolute Gasteiger partial charge is 0.242 e. The van der Waals surface area contributed by atoms with Crippen LogP contribution in [0.5, 0.6) is 0 Å². The van der Waals surface area contributed by atoms with Crippen LogP contribution in [-0.4, -0.2) is 41.2 Å². The van der Waals surface area contributed by atoms with Gasteiger partial charge in [0.15, 0.2) is 0 Å². The lowest BCUT2D eigenvalue weighted by molar-refractivity contribution is -0.142. The molecule has 0 atom stereocenters. The Kier molecular flexibility index (Phi) is 7.13. The zero-order valence-electron chi connectivity index (χ0n) is 17.8. The van der Waals surface area contributed by atoms with E-state index in [0.29, 0.717) is 25.6 Å². The maximum atomic E-state index is 13.2. The Morgan fingerprint density at radius 1 is 1.07 bits per heavy atom. The Balaban J connectivity index is 1.69. The van der Waals surface area contributed by atoms with Gasteiger partial charge in [-0.25, -0.2) is 0 Å². The van der Waals surface area contributed by atoms with Crippen molar-refractivity contribution in [2.75, 3.05) is 19.6 Å². The molecule has 1 aliphatic carbocycles. The summed E-state index contributed by atoms with van der Waals surface area (Å²) in [6.07, 6.45) is 2.67. The normalized spacial score (nSPS) is 13.5. The van der Waals surface area contributed by atoms with Gasteiger partial charge in [-0.3, -0.25) is 9.59 Å². The lowest BCUT2D eigenvalue weighted by Gasteiger charge is -2.28. The number of furan rings is 1. The van der Waals surface area contributed by atoms with Crippen LogP contribution in [-0.2, 0) is 22.6 Å². The van der Waals surface area contributed by atoms with Crippen LogP contribution in [0.4, 0.5) is 0 Å². The van der Waals surface area contributed by atoms with E-state index in [4.69, 9.17) is 4.42 Å². The van der Waals surface area contributed by atoms with E-state index < -0.39 is 0 Å². The molecule has 1 aromatic heterocycles. The van der Waals surface area contributed by atoms with Crippen molar-refractivity contribution in [1.82, 2.24) is 9.80 Å². The van der Waals surface area contributed by atoms with Crippen molar-refractivity contribution in [3.63, 3.8) is 0 Å². The van der Waals surface area contributed by atoms with Gasteiger partial charge in [0.25, 0.3) is 0 Å². The summed E-state index contributed by atoms with van der Waals surface area (Å²) >= 11 is 0. The summed E-state index contributed by atoms with van der Waals surface area (Å²) in [5.41, 5.74) is 1.19. The molecule has 0 N–H and O–H groups in total. The molecule has 0 saturated heterocycles. The van der Waals surface area contributed by atoms with Gasteiger partial charge < -0.3 is 14.2 Å². The maximum absolute atomic E-state index is 13.2. The zero-order valence-corrected chi connectivity index (χ0v) is 17.8. The van der Waals surface area contributed by atoms with Crippen LogP contribution < -0.4 is 0 Å². The van der Waals surface area contributed by atoms with E-state index >= 15 is 0 Å².